The molecule has 0 aromatic heterocycles. The van der Waals surface area contributed by atoms with Crippen molar-refractivity contribution < 1.29 is 19.1 Å². The molecule has 3 rings (SSSR count). The maximum Gasteiger partial charge on any atom is 0.185 e. The molecule has 150 valence electrons. The van der Waals surface area contributed by atoms with Crippen molar-refractivity contribution in [3.8, 4) is 11.5 Å². The summed E-state index contributed by atoms with van der Waals surface area (Å²) in [6, 6.07) is 21.6. The summed E-state index contributed by atoms with van der Waals surface area (Å²) in [5.74, 6) is 0.993. The second-order valence-corrected chi connectivity index (χ2v) is 6.46. The van der Waals surface area contributed by atoms with Gasteiger partial charge in [-0.1, -0.05) is 54.6 Å². The maximum atomic E-state index is 12.6. The van der Waals surface area contributed by atoms with Crippen molar-refractivity contribution in [2.45, 2.75) is 0 Å². The van der Waals surface area contributed by atoms with Gasteiger partial charge in [0.25, 0.3) is 0 Å². The van der Waals surface area contributed by atoms with Crippen LogP contribution >= 0.6 is 0 Å². The van der Waals surface area contributed by atoms with Crippen molar-refractivity contribution >= 4 is 23.7 Å². The summed E-state index contributed by atoms with van der Waals surface area (Å²) in [6.45, 7) is 0. The third-order valence-corrected chi connectivity index (χ3v) is 4.54. The molecule has 0 atom stereocenters. The number of hydrogen-bond acceptors (Lipinski definition) is 4. The molecule has 0 aliphatic carbocycles. The molecular formula is C26H22O4. The van der Waals surface area contributed by atoms with E-state index in [2.05, 4.69) is 0 Å². The van der Waals surface area contributed by atoms with E-state index >= 15 is 0 Å². The van der Waals surface area contributed by atoms with E-state index in [0.29, 0.717) is 22.6 Å². The average molecular weight is 398 g/mol. The Morgan fingerprint density at radius 1 is 0.633 bits per heavy atom. The number of carbonyl (C=O) groups is 2. The first-order valence-electron chi connectivity index (χ1n) is 9.43. The molecular weight excluding hydrogens is 376 g/mol. The van der Waals surface area contributed by atoms with Crippen LogP contribution in [0.1, 0.15) is 31.8 Å². The Kier molecular flexibility index (Phi) is 6.95. The normalized spacial score (nSPS) is 11.0. The first-order chi connectivity index (χ1) is 14.6. The lowest BCUT2D eigenvalue weighted by atomic mass is 10.0. The molecule has 0 fully saturated rings. The van der Waals surface area contributed by atoms with Gasteiger partial charge in [-0.15, -0.1) is 0 Å². The predicted molar refractivity (Wildman–Crippen MR) is 119 cm³/mol. The molecule has 3 aromatic carbocycles. The van der Waals surface area contributed by atoms with Gasteiger partial charge in [0.15, 0.2) is 11.6 Å². The van der Waals surface area contributed by atoms with Gasteiger partial charge in [-0.3, -0.25) is 9.59 Å². The van der Waals surface area contributed by atoms with Crippen LogP contribution in [0.4, 0.5) is 0 Å². The van der Waals surface area contributed by atoms with Gasteiger partial charge in [-0.05, 0) is 42.5 Å². The highest BCUT2D eigenvalue weighted by atomic mass is 16.5. The average Bonchev–Trinajstić information content (AvgIpc) is 2.81. The van der Waals surface area contributed by atoms with Crippen LogP contribution in [0, 0.1) is 0 Å². The molecule has 0 N–H and O–H groups in total. The molecule has 3 aromatic rings. The summed E-state index contributed by atoms with van der Waals surface area (Å²) in [5.41, 5.74) is 2.50. The SMILES string of the molecule is COc1ccccc1/C=C/C(=O)c1cccc(C(=O)/C=C/c2ccccc2OC)c1. The predicted octanol–water partition coefficient (Wildman–Crippen LogP) is 5.50. The van der Waals surface area contributed by atoms with Crippen molar-refractivity contribution in [3.05, 3.63) is 107 Å². The Labute approximate surface area is 176 Å². The summed E-state index contributed by atoms with van der Waals surface area (Å²) < 4.78 is 10.6. The largest absolute Gasteiger partial charge is 0.496 e. The second kappa shape index (κ2) is 10.0. The van der Waals surface area contributed by atoms with E-state index in [0.717, 1.165) is 11.1 Å². The third-order valence-electron chi connectivity index (χ3n) is 4.54. The zero-order valence-electron chi connectivity index (χ0n) is 16.9. The molecule has 0 aliphatic rings. The first-order valence-corrected chi connectivity index (χ1v) is 9.43. The summed E-state index contributed by atoms with van der Waals surface area (Å²) in [6.07, 6.45) is 6.37. The molecule has 0 aliphatic heterocycles. The minimum atomic E-state index is -0.190. The molecule has 4 heteroatoms. The van der Waals surface area contributed by atoms with Crippen molar-refractivity contribution in [3.63, 3.8) is 0 Å². The van der Waals surface area contributed by atoms with Crippen LogP contribution in [0.2, 0.25) is 0 Å². The number of allylic oxidation sites excluding steroid dienone is 2. The number of rotatable bonds is 8. The van der Waals surface area contributed by atoms with Gasteiger partial charge in [-0.25, -0.2) is 0 Å². The fourth-order valence-electron chi connectivity index (χ4n) is 2.96. The zero-order chi connectivity index (χ0) is 21.3. The Balaban J connectivity index is 1.76. The molecule has 0 heterocycles. The van der Waals surface area contributed by atoms with Gasteiger partial charge in [0, 0.05) is 22.3 Å². The molecule has 30 heavy (non-hydrogen) atoms. The van der Waals surface area contributed by atoms with Gasteiger partial charge in [0.05, 0.1) is 14.2 Å². The van der Waals surface area contributed by atoms with Crippen LogP contribution in [0.5, 0.6) is 11.5 Å². The lowest BCUT2D eigenvalue weighted by Crippen LogP contribution is -2.00. The van der Waals surface area contributed by atoms with E-state index in [1.165, 1.54) is 12.2 Å². The van der Waals surface area contributed by atoms with Gasteiger partial charge in [0.2, 0.25) is 0 Å². The lowest BCUT2D eigenvalue weighted by Gasteiger charge is -2.04. The number of hydrogen-bond donors (Lipinski definition) is 0. The molecule has 0 bridgehead atoms. The number of ketones is 2. The van der Waals surface area contributed by atoms with Gasteiger partial charge in [-0.2, -0.15) is 0 Å². The Bertz CT molecular complexity index is 1020. The highest BCUT2D eigenvalue weighted by Crippen LogP contribution is 2.20. The van der Waals surface area contributed by atoms with Crippen molar-refractivity contribution in [1.29, 1.82) is 0 Å². The summed E-state index contributed by atoms with van der Waals surface area (Å²) in [4.78, 5) is 25.2. The molecule has 0 saturated carbocycles. The number of methoxy groups -OCH3 is 2. The molecule has 0 unspecified atom stereocenters. The van der Waals surface area contributed by atoms with E-state index in [9.17, 15) is 9.59 Å². The van der Waals surface area contributed by atoms with Crippen LogP contribution in [0.25, 0.3) is 12.2 Å². The van der Waals surface area contributed by atoms with Gasteiger partial charge >= 0.3 is 0 Å². The fraction of sp³-hybridized carbons (Fsp3) is 0.0769. The summed E-state index contributed by atoms with van der Waals surface area (Å²) in [5, 5.41) is 0. The standard InChI is InChI=1S/C26H22O4/c1-29-25-12-5-3-8-19(25)14-16-23(27)21-10-7-11-22(18-21)24(28)17-15-20-9-4-6-13-26(20)30-2/h3-18H,1-2H3/b16-14+,17-15+. The second-order valence-electron chi connectivity index (χ2n) is 6.46. The van der Waals surface area contributed by atoms with E-state index in [-0.39, 0.29) is 11.6 Å². The van der Waals surface area contributed by atoms with Crippen LogP contribution in [-0.4, -0.2) is 25.8 Å². The molecule has 0 amide bonds. The molecule has 0 saturated heterocycles. The molecule has 0 radical (unpaired) electrons. The number of para-hydroxylation sites is 2. The zero-order valence-corrected chi connectivity index (χ0v) is 16.9. The smallest absolute Gasteiger partial charge is 0.185 e. The Morgan fingerprint density at radius 3 is 1.50 bits per heavy atom. The fourth-order valence-corrected chi connectivity index (χ4v) is 2.96. The number of ether oxygens (including phenoxy) is 2. The summed E-state index contributed by atoms with van der Waals surface area (Å²) >= 11 is 0. The van der Waals surface area contributed by atoms with Gasteiger partial charge in [0.1, 0.15) is 11.5 Å². The minimum Gasteiger partial charge on any atom is -0.496 e. The lowest BCUT2D eigenvalue weighted by molar-refractivity contribution is 0.104. The Morgan fingerprint density at radius 2 is 1.07 bits per heavy atom. The van der Waals surface area contributed by atoms with Crippen LogP contribution in [0.15, 0.2) is 84.9 Å². The molecule has 4 nitrogen and oxygen atoms in total. The monoisotopic (exact) mass is 398 g/mol. The van der Waals surface area contributed by atoms with E-state index < -0.39 is 0 Å². The van der Waals surface area contributed by atoms with Crippen LogP contribution in [-0.2, 0) is 0 Å². The van der Waals surface area contributed by atoms with Gasteiger partial charge < -0.3 is 9.47 Å². The number of carbonyl (C=O) groups excluding carboxylic acids is 2. The summed E-state index contributed by atoms with van der Waals surface area (Å²) in [7, 11) is 3.17. The third kappa shape index (κ3) is 5.11. The van der Waals surface area contributed by atoms with E-state index in [1.807, 2.05) is 48.5 Å². The van der Waals surface area contributed by atoms with E-state index in [4.69, 9.17) is 9.47 Å². The first kappa shape index (κ1) is 20.8. The highest BCUT2D eigenvalue weighted by molar-refractivity contribution is 6.11. The molecule has 0 spiro atoms. The quantitative estimate of drug-likeness (QED) is 0.372. The highest BCUT2D eigenvalue weighted by Gasteiger charge is 2.08. The topological polar surface area (TPSA) is 52.6 Å². The van der Waals surface area contributed by atoms with Crippen molar-refractivity contribution in [1.82, 2.24) is 0 Å². The van der Waals surface area contributed by atoms with E-state index in [1.54, 1.807) is 50.6 Å². The minimum absolute atomic E-state index is 0.190. The van der Waals surface area contributed by atoms with Crippen molar-refractivity contribution in [2.24, 2.45) is 0 Å². The van der Waals surface area contributed by atoms with Crippen molar-refractivity contribution in [2.75, 3.05) is 14.2 Å². The number of benzene rings is 3. The Hall–Kier alpha value is -3.92. The van der Waals surface area contributed by atoms with Crippen LogP contribution < -0.4 is 9.47 Å². The maximum absolute atomic E-state index is 12.6. The van der Waals surface area contributed by atoms with Crippen LogP contribution in [0.3, 0.4) is 0 Å².